The zero-order chi connectivity index (χ0) is 9.84. The third-order valence-corrected chi connectivity index (χ3v) is 1.84. The SMILES string of the molecule is CC(Cc1ccncc1O)C(=O)O. The molecule has 0 aliphatic carbocycles. The van der Waals surface area contributed by atoms with Crippen LogP contribution in [0.15, 0.2) is 18.5 Å². The van der Waals surface area contributed by atoms with Gasteiger partial charge in [0.25, 0.3) is 0 Å². The van der Waals surface area contributed by atoms with Crippen molar-refractivity contribution in [1.82, 2.24) is 4.98 Å². The summed E-state index contributed by atoms with van der Waals surface area (Å²) in [5.41, 5.74) is 0.616. The second kappa shape index (κ2) is 3.89. The van der Waals surface area contributed by atoms with Crippen LogP contribution in [0.4, 0.5) is 0 Å². The highest BCUT2D eigenvalue weighted by atomic mass is 16.4. The quantitative estimate of drug-likeness (QED) is 0.731. The van der Waals surface area contributed by atoms with Crippen LogP contribution in [0.2, 0.25) is 0 Å². The number of carboxylic acid groups (broad SMARTS) is 1. The summed E-state index contributed by atoms with van der Waals surface area (Å²) in [6.45, 7) is 1.60. The average Bonchev–Trinajstić information content (AvgIpc) is 2.08. The first kappa shape index (κ1) is 9.51. The van der Waals surface area contributed by atoms with Gasteiger partial charge in [0.05, 0.1) is 12.1 Å². The lowest BCUT2D eigenvalue weighted by Gasteiger charge is -2.06. The van der Waals surface area contributed by atoms with E-state index in [0.29, 0.717) is 12.0 Å². The highest BCUT2D eigenvalue weighted by Crippen LogP contribution is 2.18. The van der Waals surface area contributed by atoms with Crippen LogP contribution >= 0.6 is 0 Å². The molecule has 1 aromatic heterocycles. The molecule has 4 heteroatoms. The molecule has 0 aromatic carbocycles. The van der Waals surface area contributed by atoms with E-state index >= 15 is 0 Å². The third kappa shape index (κ3) is 2.43. The summed E-state index contributed by atoms with van der Waals surface area (Å²) in [4.78, 5) is 14.2. The molecule has 0 saturated carbocycles. The Hall–Kier alpha value is -1.58. The van der Waals surface area contributed by atoms with Crippen molar-refractivity contribution in [3.05, 3.63) is 24.0 Å². The van der Waals surface area contributed by atoms with E-state index in [1.165, 1.54) is 12.4 Å². The van der Waals surface area contributed by atoms with Crippen molar-refractivity contribution in [3.8, 4) is 5.75 Å². The molecule has 1 unspecified atom stereocenters. The van der Waals surface area contributed by atoms with Crippen LogP contribution in [0.3, 0.4) is 0 Å². The number of pyridine rings is 1. The molecule has 70 valence electrons. The minimum atomic E-state index is -0.865. The summed E-state index contributed by atoms with van der Waals surface area (Å²) >= 11 is 0. The number of nitrogens with zero attached hydrogens (tertiary/aromatic N) is 1. The van der Waals surface area contributed by atoms with Crippen LogP contribution < -0.4 is 0 Å². The molecule has 1 aromatic rings. The van der Waals surface area contributed by atoms with E-state index in [4.69, 9.17) is 5.11 Å². The largest absolute Gasteiger partial charge is 0.506 e. The first-order chi connectivity index (χ1) is 6.11. The standard InChI is InChI=1S/C9H11NO3/c1-6(9(12)13)4-7-2-3-10-5-8(7)11/h2-3,5-6,11H,4H2,1H3,(H,12,13). The van der Waals surface area contributed by atoms with E-state index in [0.717, 1.165) is 0 Å². The number of aromatic nitrogens is 1. The average molecular weight is 181 g/mol. The van der Waals surface area contributed by atoms with E-state index in [-0.39, 0.29) is 5.75 Å². The molecule has 1 atom stereocenters. The normalized spacial score (nSPS) is 12.4. The number of hydrogen-bond donors (Lipinski definition) is 2. The Morgan fingerprint density at radius 2 is 2.38 bits per heavy atom. The molecular weight excluding hydrogens is 170 g/mol. The van der Waals surface area contributed by atoms with Gasteiger partial charge in [-0.15, -0.1) is 0 Å². The van der Waals surface area contributed by atoms with Crippen LogP contribution in [0.1, 0.15) is 12.5 Å². The maximum Gasteiger partial charge on any atom is 0.306 e. The fourth-order valence-corrected chi connectivity index (χ4v) is 1.00. The third-order valence-electron chi connectivity index (χ3n) is 1.84. The van der Waals surface area contributed by atoms with Crippen LogP contribution in [0.25, 0.3) is 0 Å². The maximum atomic E-state index is 10.5. The van der Waals surface area contributed by atoms with Crippen molar-refractivity contribution < 1.29 is 15.0 Å². The first-order valence-electron chi connectivity index (χ1n) is 3.96. The fourth-order valence-electron chi connectivity index (χ4n) is 1.00. The maximum absolute atomic E-state index is 10.5. The lowest BCUT2D eigenvalue weighted by Crippen LogP contribution is -2.12. The van der Waals surface area contributed by atoms with E-state index in [9.17, 15) is 9.90 Å². The van der Waals surface area contributed by atoms with Gasteiger partial charge in [-0.3, -0.25) is 9.78 Å². The van der Waals surface area contributed by atoms with Crippen molar-refractivity contribution in [2.75, 3.05) is 0 Å². The van der Waals surface area contributed by atoms with Crippen molar-refractivity contribution >= 4 is 5.97 Å². The molecule has 4 nitrogen and oxygen atoms in total. The number of carbonyl (C=O) groups is 1. The van der Waals surface area contributed by atoms with Gasteiger partial charge in [0.15, 0.2) is 0 Å². The molecule has 0 amide bonds. The predicted molar refractivity (Wildman–Crippen MR) is 46.4 cm³/mol. The Morgan fingerprint density at radius 3 is 2.92 bits per heavy atom. The Bertz CT molecular complexity index is 311. The van der Waals surface area contributed by atoms with Gasteiger partial charge in [0.1, 0.15) is 5.75 Å². The zero-order valence-corrected chi connectivity index (χ0v) is 7.27. The molecule has 1 rings (SSSR count). The smallest absolute Gasteiger partial charge is 0.306 e. The van der Waals surface area contributed by atoms with Gasteiger partial charge in [-0.25, -0.2) is 0 Å². The summed E-state index contributed by atoms with van der Waals surface area (Å²) in [5.74, 6) is -1.31. The van der Waals surface area contributed by atoms with Crippen LogP contribution in [0.5, 0.6) is 5.75 Å². The van der Waals surface area contributed by atoms with E-state index in [2.05, 4.69) is 4.98 Å². The number of aliphatic carboxylic acids is 1. The number of aromatic hydroxyl groups is 1. The summed E-state index contributed by atoms with van der Waals surface area (Å²) < 4.78 is 0. The van der Waals surface area contributed by atoms with E-state index in [1.807, 2.05) is 0 Å². The lowest BCUT2D eigenvalue weighted by atomic mass is 10.0. The molecule has 13 heavy (non-hydrogen) atoms. The topological polar surface area (TPSA) is 70.4 Å². The van der Waals surface area contributed by atoms with Crippen LogP contribution in [-0.2, 0) is 11.2 Å². The number of rotatable bonds is 3. The molecule has 0 fully saturated rings. The molecule has 0 aliphatic rings. The molecular formula is C9H11NO3. The van der Waals surface area contributed by atoms with Gasteiger partial charge in [0.2, 0.25) is 0 Å². The second-order valence-electron chi connectivity index (χ2n) is 2.95. The lowest BCUT2D eigenvalue weighted by molar-refractivity contribution is -0.141. The predicted octanol–water partition coefficient (Wildman–Crippen LogP) is 1.05. The van der Waals surface area contributed by atoms with Gasteiger partial charge in [0, 0.05) is 6.20 Å². The minimum absolute atomic E-state index is 0.0515. The van der Waals surface area contributed by atoms with Crippen LogP contribution in [0, 0.1) is 5.92 Å². The Kier molecular flexibility index (Phi) is 2.84. The minimum Gasteiger partial charge on any atom is -0.506 e. The molecule has 0 saturated heterocycles. The van der Waals surface area contributed by atoms with Gasteiger partial charge in [-0.05, 0) is 18.1 Å². The second-order valence-corrected chi connectivity index (χ2v) is 2.95. The van der Waals surface area contributed by atoms with E-state index in [1.54, 1.807) is 13.0 Å². The fraction of sp³-hybridized carbons (Fsp3) is 0.333. The van der Waals surface area contributed by atoms with Gasteiger partial charge < -0.3 is 10.2 Å². The molecule has 0 spiro atoms. The van der Waals surface area contributed by atoms with Gasteiger partial charge in [-0.2, -0.15) is 0 Å². The molecule has 0 radical (unpaired) electrons. The highest BCUT2D eigenvalue weighted by Gasteiger charge is 2.13. The number of hydrogen-bond acceptors (Lipinski definition) is 3. The molecule has 2 N–H and O–H groups in total. The Morgan fingerprint density at radius 1 is 1.69 bits per heavy atom. The zero-order valence-electron chi connectivity index (χ0n) is 7.27. The molecule has 0 bridgehead atoms. The Labute approximate surface area is 75.9 Å². The van der Waals surface area contributed by atoms with Crippen molar-refractivity contribution in [2.45, 2.75) is 13.3 Å². The van der Waals surface area contributed by atoms with Gasteiger partial charge in [-0.1, -0.05) is 6.92 Å². The van der Waals surface area contributed by atoms with Crippen molar-refractivity contribution in [3.63, 3.8) is 0 Å². The summed E-state index contributed by atoms with van der Waals surface area (Å²) in [6, 6.07) is 1.62. The number of carboxylic acids is 1. The van der Waals surface area contributed by atoms with Crippen molar-refractivity contribution in [2.24, 2.45) is 5.92 Å². The van der Waals surface area contributed by atoms with E-state index < -0.39 is 11.9 Å². The Balaban J connectivity index is 2.74. The van der Waals surface area contributed by atoms with Gasteiger partial charge >= 0.3 is 5.97 Å². The van der Waals surface area contributed by atoms with Crippen molar-refractivity contribution in [1.29, 1.82) is 0 Å². The molecule has 1 heterocycles. The monoisotopic (exact) mass is 181 g/mol. The first-order valence-corrected chi connectivity index (χ1v) is 3.96. The summed E-state index contributed by atoms with van der Waals surface area (Å²) in [7, 11) is 0. The molecule has 0 aliphatic heterocycles. The summed E-state index contributed by atoms with van der Waals surface area (Å²) in [5, 5.41) is 17.9. The highest BCUT2D eigenvalue weighted by molar-refractivity contribution is 5.70. The van der Waals surface area contributed by atoms with Crippen LogP contribution in [-0.4, -0.2) is 21.2 Å². The summed E-state index contributed by atoms with van der Waals surface area (Å²) in [6.07, 6.45) is 3.16.